The van der Waals surface area contributed by atoms with Crippen LogP contribution in [0.15, 0.2) is 91.0 Å². The van der Waals surface area contributed by atoms with Crippen molar-refractivity contribution in [2.45, 2.75) is 57.3 Å². The number of benzene rings is 3. The van der Waals surface area contributed by atoms with Crippen molar-refractivity contribution in [2.75, 3.05) is 6.61 Å². The molecular weight excluding hydrogens is 416 g/mol. The fraction of sp³-hybridized carbons (Fsp3) is 0.357. The van der Waals surface area contributed by atoms with Gasteiger partial charge >= 0.3 is 0 Å². The van der Waals surface area contributed by atoms with Crippen LogP contribution in [0.5, 0.6) is 0 Å². The molecule has 0 aliphatic carbocycles. The molecule has 0 aromatic heterocycles. The average Bonchev–Trinajstić information content (AvgIpc) is 2.86. The van der Waals surface area contributed by atoms with Crippen LogP contribution in [0.4, 0.5) is 0 Å². The Balaban J connectivity index is 1.41. The molecule has 0 amide bonds. The van der Waals surface area contributed by atoms with Crippen molar-refractivity contribution in [3.05, 3.63) is 108 Å². The summed E-state index contributed by atoms with van der Waals surface area (Å²) in [6, 6.07) is 29.9. The van der Waals surface area contributed by atoms with Crippen molar-refractivity contribution in [1.29, 1.82) is 0 Å². The smallest absolute Gasteiger partial charge is 0.115 e. The lowest BCUT2D eigenvalue weighted by Gasteiger charge is -2.43. The second-order valence-corrected chi connectivity index (χ2v) is 8.39. The van der Waals surface area contributed by atoms with Gasteiger partial charge in [-0.05, 0) is 23.6 Å². The molecule has 1 heterocycles. The first-order valence-corrected chi connectivity index (χ1v) is 11.5. The van der Waals surface area contributed by atoms with E-state index in [0.717, 1.165) is 16.7 Å². The topological polar surface area (TPSA) is 57.2 Å². The molecule has 1 aliphatic rings. The first-order valence-electron chi connectivity index (χ1n) is 11.5. The summed E-state index contributed by atoms with van der Waals surface area (Å²) in [7, 11) is 0. The largest absolute Gasteiger partial charge is 0.387 e. The molecular formula is C28H32O5. The second-order valence-electron chi connectivity index (χ2n) is 8.39. The summed E-state index contributed by atoms with van der Waals surface area (Å²) in [6.07, 6.45) is -2.58. The Morgan fingerprint density at radius 1 is 0.667 bits per heavy atom. The fourth-order valence-electron chi connectivity index (χ4n) is 4.07. The van der Waals surface area contributed by atoms with Gasteiger partial charge in [0, 0.05) is 0 Å². The summed E-state index contributed by atoms with van der Waals surface area (Å²) in [5.41, 5.74) is 3.19. The summed E-state index contributed by atoms with van der Waals surface area (Å²) in [6.45, 7) is 3.51. The zero-order chi connectivity index (χ0) is 22.9. The molecule has 5 nitrogen and oxygen atoms in total. The van der Waals surface area contributed by atoms with Crippen molar-refractivity contribution in [2.24, 2.45) is 0 Å². The van der Waals surface area contributed by atoms with Crippen LogP contribution in [0.25, 0.3) is 0 Å². The highest BCUT2D eigenvalue weighted by Gasteiger charge is 2.45. The first kappa shape index (κ1) is 23.6. The molecule has 3 aromatic carbocycles. The van der Waals surface area contributed by atoms with E-state index in [1.165, 1.54) is 0 Å². The molecule has 0 bridgehead atoms. The van der Waals surface area contributed by atoms with E-state index in [-0.39, 0.29) is 12.7 Å². The Labute approximate surface area is 195 Å². The van der Waals surface area contributed by atoms with Gasteiger partial charge in [0.2, 0.25) is 0 Å². The number of hydrogen-bond donors (Lipinski definition) is 1. The van der Waals surface area contributed by atoms with Crippen LogP contribution in [-0.2, 0) is 38.8 Å². The Bertz CT molecular complexity index is 934. The maximum absolute atomic E-state index is 11.2. The van der Waals surface area contributed by atoms with Crippen LogP contribution in [-0.4, -0.2) is 42.2 Å². The lowest BCUT2D eigenvalue weighted by molar-refractivity contribution is -0.256. The minimum Gasteiger partial charge on any atom is -0.387 e. The Hall–Kier alpha value is -2.54. The molecule has 1 fully saturated rings. The van der Waals surface area contributed by atoms with Gasteiger partial charge in [-0.25, -0.2) is 0 Å². The molecule has 4 rings (SSSR count). The van der Waals surface area contributed by atoms with Crippen LogP contribution in [0.3, 0.4) is 0 Å². The van der Waals surface area contributed by atoms with Crippen molar-refractivity contribution >= 4 is 0 Å². The molecule has 174 valence electrons. The summed E-state index contributed by atoms with van der Waals surface area (Å²) >= 11 is 0. The molecule has 0 saturated carbocycles. The van der Waals surface area contributed by atoms with Crippen molar-refractivity contribution in [1.82, 2.24) is 0 Å². The van der Waals surface area contributed by atoms with Gasteiger partial charge in [0.25, 0.3) is 0 Å². The van der Waals surface area contributed by atoms with E-state index in [4.69, 9.17) is 18.9 Å². The van der Waals surface area contributed by atoms with Gasteiger partial charge in [-0.15, -0.1) is 0 Å². The third-order valence-electron chi connectivity index (χ3n) is 5.86. The highest BCUT2D eigenvalue weighted by molar-refractivity contribution is 5.15. The highest BCUT2D eigenvalue weighted by Crippen LogP contribution is 2.28. The third-order valence-corrected chi connectivity index (χ3v) is 5.86. The Kier molecular flexibility index (Phi) is 8.64. The van der Waals surface area contributed by atoms with E-state index < -0.39 is 24.4 Å². The lowest BCUT2D eigenvalue weighted by Crippen LogP contribution is -2.59. The number of aliphatic hydroxyl groups is 1. The quantitative estimate of drug-likeness (QED) is 0.494. The minimum absolute atomic E-state index is 0.261. The zero-order valence-corrected chi connectivity index (χ0v) is 19.0. The maximum Gasteiger partial charge on any atom is 0.115 e. The second kappa shape index (κ2) is 12.1. The van der Waals surface area contributed by atoms with E-state index in [1.54, 1.807) is 0 Å². The fourth-order valence-corrected chi connectivity index (χ4v) is 4.07. The predicted molar refractivity (Wildman–Crippen MR) is 126 cm³/mol. The minimum atomic E-state index is -0.874. The van der Waals surface area contributed by atoms with Gasteiger partial charge in [-0.1, -0.05) is 91.0 Å². The van der Waals surface area contributed by atoms with Crippen molar-refractivity contribution < 1.29 is 24.1 Å². The van der Waals surface area contributed by atoms with Gasteiger partial charge in [-0.2, -0.15) is 0 Å². The van der Waals surface area contributed by atoms with Crippen LogP contribution in [0.2, 0.25) is 0 Å². The normalized spacial score (nSPS) is 25.1. The third kappa shape index (κ3) is 6.73. The van der Waals surface area contributed by atoms with E-state index in [0.29, 0.717) is 19.8 Å². The maximum atomic E-state index is 11.2. The molecule has 1 saturated heterocycles. The predicted octanol–water partition coefficient (Wildman–Crippen LogP) is 4.52. The summed E-state index contributed by atoms with van der Waals surface area (Å²) < 4.78 is 24.5. The summed E-state index contributed by atoms with van der Waals surface area (Å²) in [5.74, 6) is 0. The summed E-state index contributed by atoms with van der Waals surface area (Å²) in [5, 5.41) is 11.2. The lowest BCUT2D eigenvalue weighted by atomic mass is 9.95. The van der Waals surface area contributed by atoms with Gasteiger partial charge < -0.3 is 24.1 Å². The number of aliphatic hydroxyl groups excluding tert-OH is 1. The average molecular weight is 449 g/mol. The van der Waals surface area contributed by atoms with Crippen molar-refractivity contribution in [3.63, 3.8) is 0 Å². The van der Waals surface area contributed by atoms with Crippen molar-refractivity contribution in [3.8, 4) is 0 Å². The van der Waals surface area contributed by atoms with E-state index in [9.17, 15) is 5.11 Å². The standard InChI is InChI=1S/C28H32O5/c1-21-27(31-18-23-13-7-3-8-14-23)28(32-19-24-15-9-4-10-16-24)26(29)25(33-21)20-30-17-22-11-5-2-6-12-22/h2-16,21,25-29H,17-20H2,1H3/t21-,25?,26-,27?,28-/m0/s1. The van der Waals surface area contributed by atoms with E-state index in [2.05, 4.69) is 0 Å². The van der Waals surface area contributed by atoms with E-state index in [1.807, 2.05) is 97.9 Å². The molecule has 33 heavy (non-hydrogen) atoms. The van der Waals surface area contributed by atoms with Crippen LogP contribution >= 0.6 is 0 Å². The molecule has 5 heteroatoms. The van der Waals surface area contributed by atoms with Crippen LogP contribution < -0.4 is 0 Å². The van der Waals surface area contributed by atoms with Gasteiger partial charge in [-0.3, -0.25) is 0 Å². The first-order chi connectivity index (χ1) is 16.2. The van der Waals surface area contributed by atoms with Crippen LogP contribution in [0.1, 0.15) is 23.6 Å². The molecule has 5 atom stereocenters. The van der Waals surface area contributed by atoms with E-state index >= 15 is 0 Å². The SMILES string of the molecule is C[C@@H]1OC(COCc2ccccc2)[C@H](O)[C@H](OCc2ccccc2)C1OCc1ccccc1. The Morgan fingerprint density at radius 3 is 1.64 bits per heavy atom. The number of ether oxygens (including phenoxy) is 4. The van der Waals surface area contributed by atoms with Gasteiger partial charge in [0.1, 0.15) is 24.4 Å². The Morgan fingerprint density at radius 2 is 1.12 bits per heavy atom. The molecule has 1 N–H and O–H groups in total. The molecule has 2 unspecified atom stereocenters. The molecule has 0 spiro atoms. The van der Waals surface area contributed by atoms with Crippen LogP contribution in [0, 0.1) is 0 Å². The molecule has 0 radical (unpaired) electrons. The van der Waals surface area contributed by atoms with Gasteiger partial charge in [0.05, 0.1) is 32.5 Å². The molecule has 1 aliphatic heterocycles. The zero-order valence-electron chi connectivity index (χ0n) is 19.0. The number of rotatable bonds is 10. The monoisotopic (exact) mass is 448 g/mol. The molecule has 3 aromatic rings. The highest BCUT2D eigenvalue weighted by atomic mass is 16.6. The van der Waals surface area contributed by atoms with Gasteiger partial charge in [0.15, 0.2) is 0 Å². The number of hydrogen-bond acceptors (Lipinski definition) is 5. The summed E-state index contributed by atoms with van der Waals surface area (Å²) in [4.78, 5) is 0.